The van der Waals surface area contributed by atoms with E-state index in [1.165, 1.54) is 6.08 Å². The van der Waals surface area contributed by atoms with Crippen LogP contribution in [0.25, 0.3) is 0 Å². The Morgan fingerprint density at radius 1 is 1.62 bits per heavy atom. The van der Waals surface area contributed by atoms with Gasteiger partial charge >= 0.3 is 0 Å². The molecule has 0 amide bonds. The maximum absolute atomic E-state index is 9.46. The van der Waals surface area contributed by atoms with Crippen LogP contribution in [0.3, 0.4) is 0 Å². The van der Waals surface area contributed by atoms with Crippen LogP contribution in [-0.4, -0.2) is 16.4 Å². The highest BCUT2D eigenvalue weighted by Gasteiger charge is 2.19. The number of halogens is 3. The normalized spacial score (nSPS) is 10.4. The lowest BCUT2D eigenvalue weighted by atomic mass is 10.8. The smallest absolute Gasteiger partial charge is 0.211 e. The first kappa shape index (κ1) is 8.25. The van der Waals surface area contributed by atoms with Crippen molar-refractivity contribution in [1.29, 1.82) is 0 Å². The molecular formula is C3H2Cl3NO. The van der Waals surface area contributed by atoms with Crippen LogP contribution in [0.2, 0.25) is 0 Å². The second kappa shape index (κ2) is 3.31. The van der Waals surface area contributed by atoms with Gasteiger partial charge in [0.1, 0.15) is 0 Å². The summed E-state index contributed by atoms with van der Waals surface area (Å²) in [6.07, 6.45) is 1.19. The maximum atomic E-state index is 9.46. The first-order valence-electron chi connectivity index (χ1n) is 1.65. The molecule has 2 nitrogen and oxygen atoms in total. The number of rotatable bonds is 2. The van der Waals surface area contributed by atoms with E-state index in [9.17, 15) is 4.79 Å². The average Bonchev–Trinajstić information content (AvgIpc) is 1.67. The molecule has 0 atom stereocenters. The van der Waals surface area contributed by atoms with Crippen LogP contribution in [0, 0.1) is 0 Å². The highest BCUT2D eigenvalue weighted by atomic mass is 35.5. The predicted molar refractivity (Wildman–Crippen MR) is 33.3 cm³/mol. The molecule has 0 aromatic carbocycles. The molecule has 0 N–H and O–H groups in total. The number of alkyl halides is 3. The van der Waals surface area contributed by atoms with E-state index in [0.29, 0.717) is 0 Å². The number of isocyanates is 1. The summed E-state index contributed by atoms with van der Waals surface area (Å²) < 4.78 is -1.50. The summed E-state index contributed by atoms with van der Waals surface area (Å²) in [5.41, 5.74) is 0. The Kier molecular flexibility index (Phi) is 3.41. The molecule has 0 rings (SSSR count). The topological polar surface area (TPSA) is 29.4 Å². The van der Waals surface area contributed by atoms with Crippen LogP contribution >= 0.6 is 34.8 Å². The SMILES string of the molecule is O=C=NC(Cl)(Cl)CCl. The zero-order valence-corrected chi connectivity index (χ0v) is 5.96. The molecule has 0 unspecified atom stereocenters. The zero-order chi connectivity index (χ0) is 6.62. The summed E-state index contributed by atoms with van der Waals surface area (Å²) in [6.45, 7) is 0. The van der Waals surface area contributed by atoms with Gasteiger partial charge in [0.25, 0.3) is 0 Å². The van der Waals surface area contributed by atoms with Crippen molar-refractivity contribution in [2.45, 2.75) is 4.46 Å². The van der Waals surface area contributed by atoms with E-state index in [0.717, 1.165) is 0 Å². The molecule has 0 aromatic rings. The van der Waals surface area contributed by atoms with Crippen molar-refractivity contribution in [3.8, 4) is 0 Å². The van der Waals surface area contributed by atoms with E-state index in [2.05, 4.69) is 4.99 Å². The molecule has 0 spiro atoms. The highest BCUT2D eigenvalue weighted by Crippen LogP contribution is 2.22. The molecular weight excluding hydrogens is 172 g/mol. The zero-order valence-electron chi connectivity index (χ0n) is 3.70. The number of hydrogen-bond acceptors (Lipinski definition) is 2. The van der Waals surface area contributed by atoms with Crippen LogP contribution in [0.1, 0.15) is 0 Å². The van der Waals surface area contributed by atoms with Gasteiger partial charge in [-0.3, -0.25) is 0 Å². The lowest BCUT2D eigenvalue weighted by Gasteiger charge is -2.03. The molecule has 0 aliphatic rings. The van der Waals surface area contributed by atoms with E-state index in [1.54, 1.807) is 0 Å². The van der Waals surface area contributed by atoms with Gasteiger partial charge in [-0.1, -0.05) is 23.2 Å². The van der Waals surface area contributed by atoms with Gasteiger partial charge < -0.3 is 0 Å². The monoisotopic (exact) mass is 173 g/mol. The van der Waals surface area contributed by atoms with Crippen molar-refractivity contribution in [3.63, 3.8) is 0 Å². The van der Waals surface area contributed by atoms with Crippen LogP contribution in [0.15, 0.2) is 4.99 Å². The van der Waals surface area contributed by atoms with Crippen molar-refractivity contribution in [2.24, 2.45) is 4.99 Å². The summed E-state index contributed by atoms with van der Waals surface area (Å²) in [7, 11) is 0. The third-order valence-electron chi connectivity index (χ3n) is 0.370. The minimum Gasteiger partial charge on any atom is -0.211 e. The fourth-order valence-corrected chi connectivity index (χ4v) is 0.225. The molecule has 0 saturated heterocycles. The lowest BCUT2D eigenvalue weighted by Crippen LogP contribution is -2.09. The molecule has 0 fully saturated rings. The van der Waals surface area contributed by atoms with Gasteiger partial charge in [-0.05, 0) is 0 Å². The van der Waals surface area contributed by atoms with Gasteiger partial charge in [-0.25, -0.2) is 4.79 Å². The summed E-state index contributed by atoms with van der Waals surface area (Å²) in [4.78, 5) is 12.4. The standard InChI is InChI=1S/C3H2Cl3NO/c4-1-3(5,6)7-2-8/h1H2. The third-order valence-corrected chi connectivity index (χ3v) is 1.47. The van der Waals surface area contributed by atoms with Gasteiger partial charge in [-0.15, -0.1) is 11.6 Å². The predicted octanol–water partition coefficient (Wildman–Crippen LogP) is 1.69. The largest absolute Gasteiger partial charge is 0.238 e. The molecule has 0 aliphatic carbocycles. The minimum absolute atomic E-state index is 0.120. The van der Waals surface area contributed by atoms with Crippen LogP contribution in [0.5, 0.6) is 0 Å². The van der Waals surface area contributed by atoms with E-state index in [-0.39, 0.29) is 5.88 Å². The summed E-state index contributed by atoms with van der Waals surface area (Å²) in [5.74, 6) is -0.120. The minimum atomic E-state index is -1.50. The number of nitrogens with zero attached hydrogens (tertiary/aromatic N) is 1. The summed E-state index contributed by atoms with van der Waals surface area (Å²) in [6, 6.07) is 0. The van der Waals surface area contributed by atoms with Crippen molar-refractivity contribution in [2.75, 3.05) is 5.88 Å². The van der Waals surface area contributed by atoms with E-state index < -0.39 is 4.46 Å². The molecule has 0 heterocycles. The van der Waals surface area contributed by atoms with Crippen LogP contribution < -0.4 is 0 Å². The second-order valence-corrected chi connectivity index (χ2v) is 2.71. The molecule has 0 saturated carbocycles. The maximum Gasteiger partial charge on any atom is 0.238 e. The first-order valence-corrected chi connectivity index (χ1v) is 2.94. The van der Waals surface area contributed by atoms with Crippen LogP contribution in [0.4, 0.5) is 0 Å². The molecule has 8 heavy (non-hydrogen) atoms. The average molecular weight is 174 g/mol. The molecule has 0 bridgehead atoms. The van der Waals surface area contributed by atoms with E-state index in [4.69, 9.17) is 34.8 Å². The van der Waals surface area contributed by atoms with Crippen molar-refractivity contribution in [1.82, 2.24) is 0 Å². The summed E-state index contributed by atoms with van der Waals surface area (Å²) in [5, 5.41) is 0. The Balaban J connectivity index is 3.90. The van der Waals surface area contributed by atoms with Gasteiger partial charge in [0.05, 0.1) is 5.88 Å². The molecule has 0 radical (unpaired) electrons. The van der Waals surface area contributed by atoms with Gasteiger partial charge in [-0.2, -0.15) is 4.99 Å². The third kappa shape index (κ3) is 3.28. The summed E-state index contributed by atoms with van der Waals surface area (Å²) >= 11 is 15.6. The molecule has 0 aliphatic heterocycles. The quantitative estimate of drug-likeness (QED) is 0.271. The van der Waals surface area contributed by atoms with E-state index in [1.807, 2.05) is 0 Å². The van der Waals surface area contributed by atoms with E-state index >= 15 is 0 Å². The molecule has 46 valence electrons. The Morgan fingerprint density at radius 3 is 2.25 bits per heavy atom. The van der Waals surface area contributed by atoms with Crippen molar-refractivity contribution in [3.05, 3.63) is 0 Å². The second-order valence-electron chi connectivity index (χ2n) is 1.00. The number of aliphatic imine (C=N–C) groups is 1. The lowest BCUT2D eigenvalue weighted by molar-refractivity contribution is 0.561. The fourth-order valence-electron chi connectivity index (χ4n) is 0.0967. The number of hydrogen-bond donors (Lipinski definition) is 0. The van der Waals surface area contributed by atoms with Gasteiger partial charge in [0, 0.05) is 0 Å². The van der Waals surface area contributed by atoms with Gasteiger partial charge in [0.15, 0.2) is 0 Å². The Morgan fingerprint density at radius 2 is 2.12 bits per heavy atom. The highest BCUT2D eigenvalue weighted by molar-refractivity contribution is 6.51. The molecule has 5 heteroatoms. The van der Waals surface area contributed by atoms with Crippen LogP contribution in [-0.2, 0) is 4.79 Å². The first-order chi connectivity index (χ1) is 3.62. The van der Waals surface area contributed by atoms with Gasteiger partial charge in [0.2, 0.25) is 10.5 Å². The Hall–Kier alpha value is 0.250. The van der Waals surface area contributed by atoms with Crippen molar-refractivity contribution < 1.29 is 4.79 Å². The Labute approximate surface area is 61.4 Å². The molecule has 0 aromatic heterocycles. The fraction of sp³-hybridized carbons (Fsp3) is 0.667. The Bertz CT molecular complexity index is 118. The van der Waals surface area contributed by atoms with Crippen molar-refractivity contribution >= 4 is 40.9 Å². The number of carbonyl (C=O) groups excluding carboxylic acids is 1.